The van der Waals surface area contributed by atoms with Crippen molar-refractivity contribution in [1.29, 1.82) is 5.41 Å². The van der Waals surface area contributed by atoms with Crippen molar-refractivity contribution in [3.05, 3.63) is 59.2 Å². The Kier molecular flexibility index (Phi) is 4.11. The van der Waals surface area contributed by atoms with E-state index in [1.54, 1.807) is 0 Å². The number of aromatic nitrogens is 2. The van der Waals surface area contributed by atoms with Crippen LogP contribution in [0.2, 0.25) is 0 Å². The number of alkyl halides is 3. The molecule has 2 aromatic rings. The molecule has 0 saturated heterocycles. The summed E-state index contributed by atoms with van der Waals surface area (Å²) in [4.78, 5) is 16.8. The van der Waals surface area contributed by atoms with Crippen LogP contribution < -0.4 is 0 Å². The zero-order valence-corrected chi connectivity index (χ0v) is 11.0. The van der Waals surface area contributed by atoms with Gasteiger partial charge in [-0.25, -0.2) is 9.78 Å². The van der Waals surface area contributed by atoms with E-state index in [-0.39, 0.29) is 22.8 Å². The standard InChI is InChI=1S/C14H10F3N3O2/c15-14(16,17)9-4-2-1-3-8(9)10(18)5-6-12-19-7-11(20-12)13(21)22/h1-7,18H,(H,19,20)(H,21,22)/b6-5-,18-10?. The molecule has 0 spiro atoms. The minimum atomic E-state index is -4.56. The number of rotatable bonds is 4. The normalized spacial score (nSPS) is 11.8. The molecule has 0 radical (unpaired) electrons. The molecular formula is C14H10F3N3O2. The summed E-state index contributed by atoms with van der Waals surface area (Å²) < 4.78 is 38.6. The van der Waals surface area contributed by atoms with Crippen LogP contribution in [0, 0.1) is 5.41 Å². The highest BCUT2D eigenvalue weighted by molar-refractivity contribution is 6.09. The molecule has 0 amide bonds. The van der Waals surface area contributed by atoms with Crippen LogP contribution in [0.4, 0.5) is 13.2 Å². The van der Waals surface area contributed by atoms with Gasteiger partial charge >= 0.3 is 12.1 Å². The van der Waals surface area contributed by atoms with E-state index < -0.39 is 17.7 Å². The summed E-state index contributed by atoms with van der Waals surface area (Å²) in [5, 5.41) is 16.5. The van der Waals surface area contributed by atoms with Gasteiger partial charge in [0.2, 0.25) is 0 Å². The summed E-state index contributed by atoms with van der Waals surface area (Å²) >= 11 is 0. The molecule has 2 rings (SSSR count). The van der Waals surface area contributed by atoms with Crippen molar-refractivity contribution in [2.75, 3.05) is 0 Å². The molecule has 8 heteroatoms. The predicted molar refractivity (Wildman–Crippen MR) is 72.9 cm³/mol. The van der Waals surface area contributed by atoms with Crippen molar-refractivity contribution >= 4 is 17.8 Å². The largest absolute Gasteiger partial charge is 0.477 e. The van der Waals surface area contributed by atoms with Crippen LogP contribution in [0.1, 0.15) is 27.4 Å². The van der Waals surface area contributed by atoms with Gasteiger partial charge < -0.3 is 15.5 Å². The van der Waals surface area contributed by atoms with Crippen molar-refractivity contribution < 1.29 is 23.1 Å². The number of carboxylic acid groups (broad SMARTS) is 1. The Balaban J connectivity index is 2.26. The first-order valence-electron chi connectivity index (χ1n) is 6.00. The van der Waals surface area contributed by atoms with E-state index in [4.69, 9.17) is 10.5 Å². The Morgan fingerprint density at radius 3 is 2.59 bits per heavy atom. The first-order valence-corrected chi connectivity index (χ1v) is 6.00. The molecule has 0 saturated carbocycles. The maximum Gasteiger partial charge on any atom is 0.417 e. The van der Waals surface area contributed by atoms with Gasteiger partial charge in [0.25, 0.3) is 0 Å². The molecule has 0 unspecified atom stereocenters. The molecule has 22 heavy (non-hydrogen) atoms. The van der Waals surface area contributed by atoms with E-state index in [0.29, 0.717) is 0 Å². The van der Waals surface area contributed by atoms with Crippen LogP contribution >= 0.6 is 0 Å². The highest BCUT2D eigenvalue weighted by Crippen LogP contribution is 2.32. The summed E-state index contributed by atoms with van der Waals surface area (Å²) in [5.41, 5.74) is -1.69. The first kappa shape index (κ1) is 15.5. The second-order valence-corrected chi connectivity index (χ2v) is 4.28. The molecule has 0 aliphatic rings. The third-order valence-corrected chi connectivity index (χ3v) is 2.76. The maximum absolute atomic E-state index is 12.9. The number of aromatic amines is 1. The fraction of sp³-hybridized carbons (Fsp3) is 0.0714. The number of imidazole rings is 1. The average molecular weight is 309 g/mol. The molecule has 3 N–H and O–H groups in total. The number of carboxylic acids is 1. The minimum absolute atomic E-state index is 0.131. The zero-order chi connectivity index (χ0) is 16.3. The second kappa shape index (κ2) is 5.84. The van der Waals surface area contributed by atoms with Gasteiger partial charge in [-0.15, -0.1) is 0 Å². The molecule has 1 aromatic heterocycles. The third kappa shape index (κ3) is 3.40. The van der Waals surface area contributed by atoms with Gasteiger partial charge in [0.1, 0.15) is 11.5 Å². The quantitative estimate of drug-likeness (QED) is 0.757. The molecule has 114 valence electrons. The number of H-pyrrole nitrogens is 1. The Morgan fingerprint density at radius 2 is 2.00 bits per heavy atom. The highest BCUT2D eigenvalue weighted by Gasteiger charge is 2.33. The lowest BCUT2D eigenvalue weighted by Gasteiger charge is -2.11. The van der Waals surface area contributed by atoms with Crippen molar-refractivity contribution in [3.8, 4) is 0 Å². The number of nitrogens with one attached hydrogen (secondary N) is 2. The van der Waals surface area contributed by atoms with Crippen molar-refractivity contribution in [2.24, 2.45) is 0 Å². The summed E-state index contributed by atoms with van der Waals surface area (Å²) in [7, 11) is 0. The van der Waals surface area contributed by atoms with Gasteiger partial charge in [0.15, 0.2) is 0 Å². The summed E-state index contributed by atoms with van der Waals surface area (Å²) in [5.74, 6) is -1.07. The molecule has 1 heterocycles. The molecule has 0 bridgehead atoms. The average Bonchev–Trinajstić information content (AvgIpc) is 2.93. The van der Waals surface area contributed by atoms with E-state index in [1.807, 2.05) is 0 Å². The van der Waals surface area contributed by atoms with Gasteiger partial charge in [-0.3, -0.25) is 0 Å². The van der Waals surface area contributed by atoms with Gasteiger partial charge in [-0.2, -0.15) is 13.2 Å². The molecule has 0 atom stereocenters. The summed E-state index contributed by atoms with van der Waals surface area (Å²) in [6, 6.07) is 4.74. The van der Waals surface area contributed by atoms with E-state index >= 15 is 0 Å². The second-order valence-electron chi connectivity index (χ2n) is 4.28. The minimum Gasteiger partial charge on any atom is -0.477 e. The Labute approximate surface area is 122 Å². The molecule has 0 aliphatic carbocycles. The summed E-state index contributed by atoms with van der Waals surface area (Å²) in [6.07, 6.45) is -1.12. The van der Waals surface area contributed by atoms with Crippen molar-refractivity contribution in [2.45, 2.75) is 6.18 Å². The summed E-state index contributed by atoms with van der Waals surface area (Å²) in [6.45, 7) is 0. The number of nitrogens with zero attached hydrogens (tertiary/aromatic N) is 1. The number of benzene rings is 1. The number of hydrogen-bond acceptors (Lipinski definition) is 3. The number of halogens is 3. The van der Waals surface area contributed by atoms with E-state index in [2.05, 4.69) is 9.97 Å². The number of aromatic carboxylic acids is 1. The molecule has 1 aromatic carbocycles. The van der Waals surface area contributed by atoms with Gasteiger partial charge in [0, 0.05) is 5.56 Å². The fourth-order valence-electron chi connectivity index (χ4n) is 1.75. The van der Waals surface area contributed by atoms with Crippen LogP contribution in [-0.4, -0.2) is 26.8 Å². The molecule has 0 fully saturated rings. The van der Waals surface area contributed by atoms with Gasteiger partial charge in [0.05, 0.1) is 17.5 Å². The number of allylic oxidation sites excluding steroid dienone is 1. The zero-order valence-electron chi connectivity index (χ0n) is 11.0. The predicted octanol–water partition coefficient (Wildman–Crippen LogP) is 3.21. The smallest absolute Gasteiger partial charge is 0.417 e. The molecular weight excluding hydrogens is 299 g/mol. The van der Waals surface area contributed by atoms with E-state index in [9.17, 15) is 18.0 Å². The highest BCUT2D eigenvalue weighted by atomic mass is 19.4. The van der Waals surface area contributed by atoms with Crippen LogP contribution in [-0.2, 0) is 6.18 Å². The number of carbonyl (C=O) groups is 1. The Bertz CT molecular complexity index is 748. The van der Waals surface area contributed by atoms with E-state index in [1.165, 1.54) is 24.3 Å². The Morgan fingerprint density at radius 1 is 1.32 bits per heavy atom. The monoisotopic (exact) mass is 309 g/mol. The third-order valence-electron chi connectivity index (χ3n) is 2.76. The maximum atomic E-state index is 12.9. The van der Waals surface area contributed by atoms with Crippen LogP contribution in [0.25, 0.3) is 6.08 Å². The molecule has 0 aliphatic heterocycles. The lowest BCUT2D eigenvalue weighted by Crippen LogP contribution is -2.11. The topological polar surface area (TPSA) is 89.8 Å². The Hall–Kier alpha value is -2.90. The van der Waals surface area contributed by atoms with Crippen molar-refractivity contribution in [1.82, 2.24) is 9.97 Å². The van der Waals surface area contributed by atoms with Crippen LogP contribution in [0.5, 0.6) is 0 Å². The first-order chi connectivity index (χ1) is 10.3. The number of hydrogen-bond donors (Lipinski definition) is 3. The van der Waals surface area contributed by atoms with Gasteiger partial charge in [-0.1, -0.05) is 18.2 Å². The fourth-order valence-corrected chi connectivity index (χ4v) is 1.75. The molecule has 5 nitrogen and oxygen atoms in total. The van der Waals surface area contributed by atoms with E-state index in [0.717, 1.165) is 18.3 Å². The lowest BCUT2D eigenvalue weighted by molar-refractivity contribution is -0.137. The van der Waals surface area contributed by atoms with Crippen molar-refractivity contribution in [3.63, 3.8) is 0 Å². The van der Waals surface area contributed by atoms with Gasteiger partial charge in [-0.05, 0) is 18.2 Å². The van der Waals surface area contributed by atoms with Crippen LogP contribution in [0.15, 0.2) is 36.5 Å². The SMILES string of the molecule is N=C(/C=C\c1ncc(C(=O)O)[nH]1)c1ccccc1C(F)(F)F. The lowest BCUT2D eigenvalue weighted by atomic mass is 10.0. The van der Waals surface area contributed by atoms with Crippen LogP contribution in [0.3, 0.4) is 0 Å².